The Bertz CT molecular complexity index is 1220. The first-order chi connectivity index (χ1) is 15.8. The highest BCUT2D eigenvalue weighted by Gasteiger charge is 2.34. The molecule has 1 saturated heterocycles. The summed E-state index contributed by atoms with van der Waals surface area (Å²) in [7, 11) is -3.94. The lowest BCUT2D eigenvalue weighted by Crippen LogP contribution is -2.52. The molecule has 0 aromatic heterocycles. The van der Waals surface area contributed by atoms with Gasteiger partial charge >= 0.3 is 0 Å². The van der Waals surface area contributed by atoms with Gasteiger partial charge in [0.15, 0.2) is 0 Å². The molecular weight excluding hydrogens is 450 g/mol. The molecule has 0 N–H and O–H groups in total. The molecule has 33 heavy (non-hydrogen) atoms. The molecule has 0 unspecified atom stereocenters. The number of hydrogen-bond donors (Lipinski definition) is 0. The van der Waals surface area contributed by atoms with Crippen molar-refractivity contribution in [3.05, 3.63) is 64.7 Å². The van der Waals surface area contributed by atoms with Crippen LogP contribution < -0.4 is 5.01 Å². The quantitative estimate of drug-likeness (QED) is 0.480. The zero-order valence-corrected chi connectivity index (χ0v) is 18.3. The van der Waals surface area contributed by atoms with Gasteiger partial charge in [0.25, 0.3) is 11.6 Å². The van der Waals surface area contributed by atoms with E-state index in [-0.39, 0.29) is 67.1 Å². The highest BCUT2D eigenvalue weighted by atomic mass is 32.2. The van der Waals surface area contributed by atoms with Gasteiger partial charge in [-0.25, -0.2) is 13.4 Å². The molecule has 0 saturated carbocycles. The predicted octanol–water partition coefficient (Wildman–Crippen LogP) is 1.61. The molecule has 2 aliphatic rings. The zero-order valence-electron chi connectivity index (χ0n) is 17.5. The molecule has 2 heterocycles. The smallest absolute Gasteiger partial charge is 0.270 e. The number of sulfonamides is 1. The number of rotatable bonds is 5. The van der Waals surface area contributed by atoms with E-state index in [2.05, 4.69) is 5.10 Å². The molecule has 0 atom stereocenters. The normalized spacial score (nSPS) is 17.6. The van der Waals surface area contributed by atoms with Crippen LogP contribution in [0.1, 0.15) is 12.8 Å². The molecule has 2 amide bonds. The van der Waals surface area contributed by atoms with E-state index in [1.165, 1.54) is 32.4 Å². The van der Waals surface area contributed by atoms with Gasteiger partial charge < -0.3 is 4.90 Å². The summed E-state index contributed by atoms with van der Waals surface area (Å²) in [5.74, 6) is -0.540. The van der Waals surface area contributed by atoms with Crippen LogP contribution in [0.15, 0.2) is 64.6 Å². The van der Waals surface area contributed by atoms with E-state index < -0.39 is 14.9 Å². The Morgan fingerprint density at radius 2 is 1.67 bits per heavy atom. The monoisotopic (exact) mass is 471 g/mol. The predicted molar refractivity (Wildman–Crippen MR) is 119 cm³/mol. The standard InChI is InChI=1S/C21H21N5O6S/c27-20-10-9-19(22-25(20)16-5-2-1-3-6-16)21(28)23-11-13-24(14-12-23)33(31,32)18-8-4-7-17(15-18)26(29)30/h1-8,15H,9-14H2. The number of non-ortho nitro benzene ring substituents is 1. The Morgan fingerprint density at radius 3 is 2.33 bits per heavy atom. The lowest BCUT2D eigenvalue weighted by atomic mass is 10.1. The van der Waals surface area contributed by atoms with Crippen molar-refractivity contribution >= 4 is 38.9 Å². The fourth-order valence-corrected chi connectivity index (χ4v) is 5.16. The first-order valence-electron chi connectivity index (χ1n) is 10.3. The van der Waals surface area contributed by atoms with Crippen LogP contribution in [0.4, 0.5) is 11.4 Å². The third-order valence-corrected chi connectivity index (χ3v) is 7.37. The average molecular weight is 471 g/mol. The maximum Gasteiger partial charge on any atom is 0.270 e. The van der Waals surface area contributed by atoms with Crippen molar-refractivity contribution in [3.8, 4) is 0 Å². The lowest BCUT2D eigenvalue weighted by molar-refractivity contribution is -0.385. The van der Waals surface area contributed by atoms with Crippen molar-refractivity contribution in [3.63, 3.8) is 0 Å². The third-order valence-electron chi connectivity index (χ3n) is 5.47. The minimum absolute atomic E-state index is 0.0470. The molecule has 4 rings (SSSR count). The number of nitro benzene ring substituents is 1. The second-order valence-corrected chi connectivity index (χ2v) is 9.48. The highest BCUT2D eigenvalue weighted by molar-refractivity contribution is 7.89. The molecule has 0 bridgehead atoms. The maximum atomic E-state index is 13.0. The van der Waals surface area contributed by atoms with E-state index in [9.17, 15) is 28.1 Å². The lowest BCUT2D eigenvalue weighted by Gasteiger charge is -2.34. The minimum atomic E-state index is -3.94. The van der Waals surface area contributed by atoms with Crippen molar-refractivity contribution < 1.29 is 22.9 Å². The van der Waals surface area contributed by atoms with Crippen LogP contribution in [-0.4, -0.2) is 66.3 Å². The van der Waals surface area contributed by atoms with E-state index in [1.807, 2.05) is 6.07 Å². The average Bonchev–Trinajstić information content (AvgIpc) is 2.84. The molecule has 2 aromatic carbocycles. The first kappa shape index (κ1) is 22.6. The molecular formula is C21H21N5O6S. The fraction of sp³-hybridized carbons (Fsp3) is 0.286. The summed E-state index contributed by atoms with van der Waals surface area (Å²) in [6.45, 7) is 0.382. The zero-order chi connectivity index (χ0) is 23.6. The largest absolute Gasteiger partial charge is 0.335 e. The Hall–Kier alpha value is -3.64. The molecule has 172 valence electrons. The number of anilines is 1. The van der Waals surface area contributed by atoms with Gasteiger partial charge in [-0.05, 0) is 18.2 Å². The minimum Gasteiger partial charge on any atom is -0.335 e. The van der Waals surface area contributed by atoms with Crippen molar-refractivity contribution in [1.82, 2.24) is 9.21 Å². The van der Waals surface area contributed by atoms with Crippen LogP contribution >= 0.6 is 0 Å². The molecule has 0 radical (unpaired) electrons. The summed E-state index contributed by atoms with van der Waals surface area (Å²) >= 11 is 0. The fourth-order valence-electron chi connectivity index (χ4n) is 3.70. The Kier molecular flexibility index (Phi) is 6.20. The van der Waals surface area contributed by atoms with Gasteiger partial charge in [-0.3, -0.25) is 19.7 Å². The molecule has 2 aromatic rings. The summed E-state index contributed by atoms with van der Waals surface area (Å²) in [5.41, 5.74) is 0.506. The second-order valence-electron chi connectivity index (χ2n) is 7.54. The van der Waals surface area contributed by atoms with E-state index in [4.69, 9.17) is 0 Å². The number of para-hydroxylation sites is 1. The molecule has 1 fully saturated rings. The second kappa shape index (κ2) is 9.08. The highest BCUT2D eigenvalue weighted by Crippen LogP contribution is 2.23. The van der Waals surface area contributed by atoms with Crippen molar-refractivity contribution in [1.29, 1.82) is 0 Å². The van der Waals surface area contributed by atoms with Gasteiger partial charge in [0.1, 0.15) is 5.71 Å². The number of nitro groups is 1. The topological polar surface area (TPSA) is 134 Å². The third kappa shape index (κ3) is 4.61. The van der Waals surface area contributed by atoms with Crippen molar-refractivity contribution in [2.45, 2.75) is 17.7 Å². The van der Waals surface area contributed by atoms with Gasteiger partial charge in [-0.2, -0.15) is 9.41 Å². The van der Waals surface area contributed by atoms with Gasteiger partial charge in [0.2, 0.25) is 15.9 Å². The van der Waals surface area contributed by atoms with Crippen LogP contribution in [0.5, 0.6) is 0 Å². The van der Waals surface area contributed by atoms with Crippen LogP contribution in [0, 0.1) is 10.1 Å². The van der Waals surface area contributed by atoms with Gasteiger partial charge in [0, 0.05) is 51.2 Å². The molecule has 0 aliphatic carbocycles. The number of hydrogen-bond acceptors (Lipinski definition) is 7. The SMILES string of the molecule is O=C(C1=NN(c2ccccc2)C(=O)CC1)N1CCN(S(=O)(=O)c2cccc([N+](=O)[O-])c2)CC1. The number of nitrogens with zero attached hydrogens (tertiary/aromatic N) is 5. The molecule has 0 spiro atoms. The van der Waals surface area contributed by atoms with E-state index in [1.54, 1.807) is 24.3 Å². The number of carbonyl (C=O) groups is 2. The number of amides is 2. The van der Waals surface area contributed by atoms with Gasteiger partial charge in [0.05, 0.1) is 15.5 Å². The van der Waals surface area contributed by atoms with E-state index in [0.717, 1.165) is 6.07 Å². The Morgan fingerprint density at radius 1 is 0.970 bits per heavy atom. The van der Waals surface area contributed by atoms with E-state index >= 15 is 0 Å². The van der Waals surface area contributed by atoms with Crippen molar-refractivity contribution in [2.24, 2.45) is 5.10 Å². The van der Waals surface area contributed by atoms with Crippen LogP contribution in [0.3, 0.4) is 0 Å². The number of piperazine rings is 1. The van der Waals surface area contributed by atoms with Crippen LogP contribution in [0.25, 0.3) is 0 Å². The van der Waals surface area contributed by atoms with Crippen molar-refractivity contribution in [2.75, 3.05) is 31.2 Å². The molecule has 11 nitrogen and oxygen atoms in total. The number of hydrazone groups is 1. The summed E-state index contributed by atoms with van der Waals surface area (Å²) in [6.07, 6.45) is 0.369. The van der Waals surface area contributed by atoms with Crippen LogP contribution in [0.2, 0.25) is 0 Å². The van der Waals surface area contributed by atoms with Crippen LogP contribution in [-0.2, 0) is 19.6 Å². The van der Waals surface area contributed by atoms with Gasteiger partial charge in [-0.1, -0.05) is 24.3 Å². The summed E-state index contributed by atoms with van der Waals surface area (Å²) < 4.78 is 27.0. The summed E-state index contributed by atoms with van der Waals surface area (Å²) in [4.78, 5) is 36.9. The molecule has 2 aliphatic heterocycles. The van der Waals surface area contributed by atoms with Gasteiger partial charge in [-0.15, -0.1) is 0 Å². The maximum absolute atomic E-state index is 13.0. The number of benzene rings is 2. The summed E-state index contributed by atoms with van der Waals surface area (Å²) in [5, 5.41) is 16.5. The summed E-state index contributed by atoms with van der Waals surface area (Å²) in [6, 6.07) is 13.7. The number of carbonyl (C=O) groups excluding carboxylic acids is 2. The Balaban J connectivity index is 1.45. The molecule has 12 heteroatoms. The first-order valence-corrected chi connectivity index (χ1v) is 11.7. The van der Waals surface area contributed by atoms with E-state index in [0.29, 0.717) is 5.69 Å². The Labute approximate surface area is 190 Å².